The highest BCUT2D eigenvalue weighted by Gasteiger charge is 2.17. The fourth-order valence-electron chi connectivity index (χ4n) is 3.55. The van der Waals surface area contributed by atoms with Crippen molar-refractivity contribution < 1.29 is 0 Å². The third-order valence-corrected chi connectivity index (χ3v) is 5.39. The largest absolute Gasteiger partial charge is 0.399 e. The van der Waals surface area contributed by atoms with Crippen molar-refractivity contribution in [1.29, 1.82) is 0 Å². The van der Waals surface area contributed by atoms with E-state index in [4.69, 9.17) is 11.5 Å². The van der Waals surface area contributed by atoms with Gasteiger partial charge in [0.25, 0.3) is 0 Å². The maximum atomic E-state index is 5.89. The van der Waals surface area contributed by atoms with Crippen LogP contribution in [-0.2, 0) is 0 Å². The van der Waals surface area contributed by atoms with Crippen LogP contribution in [-0.4, -0.2) is 76.3 Å². The van der Waals surface area contributed by atoms with Crippen LogP contribution >= 0.6 is 0 Å². The Morgan fingerprint density at radius 3 is 1.46 bits per heavy atom. The molecule has 2 aromatic rings. The van der Waals surface area contributed by atoms with Crippen LogP contribution in [0.2, 0.25) is 0 Å². The Hall–Kier alpha value is -2.44. The van der Waals surface area contributed by atoms with Crippen molar-refractivity contribution in [1.82, 2.24) is 9.80 Å². The minimum atomic E-state index is 0.809. The normalized spacial score (nSPS) is 16.7. The molecule has 0 atom stereocenters. The monoisotopic (exact) mass is 382 g/mol. The molecule has 1 aliphatic heterocycles. The lowest BCUT2D eigenvalue weighted by Gasteiger charge is -2.29. The highest BCUT2D eigenvalue weighted by molar-refractivity contribution is 5.55. The third-order valence-electron chi connectivity index (χ3n) is 5.39. The maximum Gasteiger partial charge on any atom is 0.0368 e. The van der Waals surface area contributed by atoms with Gasteiger partial charge in [-0.3, -0.25) is 4.90 Å². The summed E-state index contributed by atoms with van der Waals surface area (Å²) in [4.78, 5) is 9.76. The van der Waals surface area contributed by atoms with E-state index in [1.165, 1.54) is 11.4 Å². The summed E-state index contributed by atoms with van der Waals surface area (Å²) < 4.78 is 0. The lowest BCUT2D eigenvalue weighted by atomic mass is 10.2. The van der Waals surface area contributed by atoms with Crippen molar-refractivity contribution in [2.24, 2.45) is 0 Å². The summed E-state index contributed by atoms with van der Waals surface area (Å²) in [6.45, 7) is 8.29. The summed E-state index contributed by atoms with van der Waals surface area (Å²) in [5.74, 6) is 0. The minimum absolute atomic E-state index is 0.809. The van der Waals surface area contributed by atoms with E-state index in [-0.39, 0.29) is 0 Å². The Morgan fingerprint density at radius 2 is 1.07 bits per heavy atom. The van der Waals surface area contributed by atoms with Crippen LogP contribution in [0, 0.1) is 0 Å². The van der Waals surface area contributed by atoms with Gasteiger partial charge in [0.15, 0.2) is 0 Å². The summed E-state index contributed by atoms with van der Waals surface area (Å²) in [7, 11) is 4.27. The van der Waals surface area contributed by atoms with Gasteiger partial charge in [0.1, 0.15) is 0 Å². The van der Waals surface area contributed by atoms with E-state index in [1.807, 2.05) is 24.3 Å². The van der Waals surface area contributed by atoms with Crippen molar-refractivity contribution in [3.05, 3.63) is 48.5 Å². The Labute approximate surface area is 169 Å². The van der Waals surface area contributed by atoms with Gasteiger partial charge >= 0.3 is 0 Å². The minimum Gasteiger partial charge on any atom is -0.399 e. The maximum absolute atomic E-state index is 5.89. The third kappa shape index (κ3) is 5.78. The van der Waals surface area contributed by atoms with Crippen molar-refractivity contribution in [3.63, 3.8) is 0 Å². The van der Waals surface area contributed by atoms with Gasteiger partial charge in [0.2, 0.25) is 0 Å². The molecule has 3 rings (SSSR count). The smallest absolute Gasteiger partial charge is 0.0368 e. The van der Waals surface area contributed by atoms with Crippen LogP contribution in [0.5, 0.6) is 0 Å². The molecule has 0 radical (unpaired) electrons. The molecule has 0 saturated carbocycles. The van der Waals surface area contributed by atoms with E-state index in [0.717, 1.165) is 63.7 Å². The molecule has 152 valence electrons. The van der Waals surface area contributed by atoms with Gasteiger partial charge in [-0.15, -0.1) is 0 Å². The Bertz CT molecular complexity index is 655. The molecule has 6 nitrogen and oxygen atoms in total. The number of benzene rings is 2. The number of anilines is 4. The second-order valence-electron chi connectivity index (χ2n) is 7.80. The number of nitrogens with zero attached hydrogens (tertiary/aromatic N) is 4. The van der Waals surface area contributed by atoms with Crippen LogP contribution in [0.1, 0.15) is 0 Å². The average Bonchev–Trinajstić information content (AvgIpc) is 2.78. The topological polar surface area (TPSA) is 65.0 Å². The summed E-state index contributed by atoms with van der Waals surface area (Å²) in [6, 6.07) is 16.5. The quantitative estimate of drug-likeness (QED) is 0.772. The molecule has 1 saturated heterocycles. The second-order valence-corrected chi connectivity index (χ2v) is 7.80. The summed E-state index contributed by atoms with van der Waals surface area (Å²) in [5.41, 5.74) is 15.9. The fourth-order valence-corrected chi connectivity index (χ4v) is 3.55. The summed E-state index contributed by atoms with van der Waals surface area (Å²) in [5, 5.41) is 0. The number of nitrogens with two attached hydrogens (primary N) is 2. The molecule has 4 N–H and O–H groups in total. The SMILES string of the molecule is CN(C)CCN1CCN(c2ccc(N)cc2)CCN(c2ccc(N)cc2)CC1. The van der Waals surface area contributed by atoms with Gasteiger partial charge in [-0.25, -0.2) is 0 Å². The Morgan fingerprint density at radius 1 is 0.679 bits per heavy atom. The highest BCUT2D eigenvalue weighted by atomic mass is 15.3. The van der Waals surface area contributed by atoms with Crippen molar-refractivity contribution in [3.8, 4) is 0 Å². The molecule has 0 aliphatic carbocycles. The molecule has 0 aromatic heterocycles. The van der Waals surface area contributed by atoms with Crippen LogP contribution in [0.15, 0.2) is 48.5 Å². The second kappa shape index (κ2) is 9.66. The first-order valence-electron chi connectivity index (χ1n) is 10.1. The number of rotatable bonds is 5. The first kappa shape index (κ1) is 20.3. The number of hydrogen-bond donors (Lipinski definition) is 2. The van der Waals surface area contributed by atoms with Gasteiger partial charge in [0, 0.05) is 75.1 Å². The van der Waals surface area contributed by atoms with E-state index in [9.17, 15) is 0 Å². The van der Waals surface area contributed by atoms with Gasteiger partial charge in [-0.2, -0.15) is 0 Å². The lowest BCUT2D eigenvalue weighted by Crippen LogP contribution is -2.39. The van der Waals surface area contributed by atoms with Crippen LogP contribution < -0.4 is 21.3 Å². The van der Waals surface area contributed by atoms with Crippen molar-refractivity contribution >= 4 is 22.7 Å². The molecule has 0 bridgehead atoms. The molecular formula is C22H34N6. The predicted octanol–water partition coefficient (Wildman–Crippen LogP) is 2.04. The van der Waals surface area contributed by atoms with E-state index < -0.39 is 0 Å². The lowest BCUT2D eigenvalue weighted by molar-refractivity contribution is 0.251. The zero-order valence-electron chi connectivity index (χ0n) is 17.2. The Balaban J connectivity index is 1.77. The highest BCUT2D eigenvalue weighted by Crippen LogP contribution is 2.20. The molecule has 2 aromatic carbocycles. The Kier molecular flexibility index (Phi) is 7.01. The zero-order valence-corrected chi connectivity index (χ0v) is 17.2. The van der Waals surface area contributed by atoms with Crippen LogP contribution in [0.3, 0.4) is 0 Å². The molecule has 6 heteroatoms. The van der Waals surface area contributed by atoms with E-state index >= 15 is 0 Å². The first-order valence-corrected chi connectivity index (χ1v) is 10.1. The standard InChI is InChI=1S/C22H34N6/c1-25(2)11-12-26-13-15-27(21-7-3-19(23)4-8-21)17-18-28(16-14-26)22-9-5-20(24)6-10-22/h3-10H,11-18,23-24H2,1-2H3. The number of likely N-dealkylation sites (N-methyl/N-ethyl adjacent to an activating group) is 1. The van der Waals surface area contributed by atoms with E-state index in [2.05, 4.69) is 58.0 Å². The fraction of sp³-hybridized carbons (Fsp3) is 0.455. The predicted molar refractivity (Wildman–Crippen MR) is 121 cm³/mol. The van der Waals surface area contributed by atoms with Gasteiger partial charge in [0.05, 0.1) is 0 Å². The van der Waals surface area contributed by atoms with Crippen molar-refractivity contribution in [2.75, 3.05) is 87.7 Å². The van der Waals surface area contributed by atoms with Crippen LogP contribution in [0.4, 0.5) is 22.7 Å². The number of hydrogen-bond acceptors (Lipinski definition) is 6. The summed E-state index contributed by atoms with van der Waals surface area (Å²) in [6.07, 6.45) is 0. The summed E-state index contributed by atoms with van der Waals surface area (Å²) >= 11 is 0. The molecule has 1 heterocycles. The molecule has 0 unspecified atom stereocenters. The van der Waals surface area contributed by atoms with Crippen LogP contribution in [0.25, 0.3) is 0 Å². The molecule has 1 aliphatic rings. The van der Waals surface area contributed by atoms with Gasteiger partial charge < -0.3 is 26.2 Å². The molecule has 28 heavy (non-hydrogen) atoms. The zero-order chi connectivity index (χ0) is 19.9. The van der Waals surface area contributed by atoms with E-state index in [1.54, 1.807) is 0 Å². The first-order chi connectivity index (χ1) is 13.5. The van der Waals surface area contributed by atoms with Crippen molar-refractivity contribution in [2.45, 2.75) is 0 Å². The molecule has 1 fully saturated rings. The molecule has 0 amide bonds. The van der Waals surface area contributed by atoms with E-state index in [0.29, 0.717) is 0 Å². The van der Waals surface area contributed by atoms with Gasteiger partial charge in [-0.1, -0.05) is 0 Å². The number of nitrogen functional groups attached to an aromatic ring is 2. The molecular weight excluding hydrogens is 348 g/mol. The van der Waals surface area contributed by atoms with Gasteiger partial charge in [-0.05, 0) is 62.6 Å². The average molecular weight is 383 g/mol. The molecule has 0 spiro atoms.